The molecule has 1 aromatic carbocycles. The number of hydrogen-bond acceptors (Lipinski definition) is 2. The van der Waals surface area contributed by atoms with Crippen molar-refractivity contribution in [2.75, 3.05) is 0 Å². The average molecular weight is 214 g/mol. The van der Waals surface area contributed by atoms with Gasteiger partial charge >= 0.3 is 0 Å². The van der Waals surface area contributed by atoms with E-state index in [1.165, 1.54) is 6.08 Å². The number of para-hydroxylation sites is 1. The molecule has 2 amide bonds. The maximum absolute atomic E-state index is 11.0. The quantitative estimate of drug-likeness (QED) is 0.600. The Morgan fingerprint density at radius 3 is 2.94 bits per heavy atom. The topological polar surface area (TPSA) is 62.0 Å². The molecule has 0 bridgehead atoms. The monoisotopic (exact) mass is 214 g/mol. The Kier molecular flexibility index (Phi) is 2.82. The van der Waals surface area contributed by atoms with Crippen LogP contribution >= 0.6 is 0 Å². The highest BCUT2D eigenvalue weighted by Gasteiger charge is 1.99. The zero-order valence-corrected chi connectivity index (χ0v) is 8.44. The zero-order chi connectivity index (χ0) is 11.4. The van der Waals surface area contributed by atoms with Gasteiger partial charge in [0, 0.05) is 23.2 Å². The van der Waals surface area contributed by atoms with Crippen LogP contribution in [0.2, 0.25) is 0 Å². The fourth-order valence-corrected chi connectivity index (χ4v) is 1.50. The lowest BCUT2D eigenvalue weighted by molar-refractivity contribution is -0.121. The van der Waals surface area contributed by atoms with Gasteiger partial charge in [-0.1, -0.05) is 18.2 Å². The molecule has 0 aliphatic heterocycles. The molecular formula is C12H10N2O2. The fourth-order valence-electron chi connectivity index (χ4n) is 1.50. The van der Waals surface area contributed by atoms with E-state index in [-0.39, 0.29) is 0 Å². The molecule has 2 aromatic rings. The number of nitrogens with one attached hydrogen (secondary N) is 2. The summed E-state index contributed by atoms with van der Waals surface area (Å²) in [6, 6.07) is 7.78. The largest absolute Gasteiger partial charge is 0.361 e. The molecule has 0 radical (unpaired) electrons. The van der Waals surface area contributed by atoms with Gasteiger partial charge < -0.3 is 4.98 Å². The maximum Gasteiger partial charge on any atom is 0.250 e. The summed E-state index contributed by atoms with van der Waals surface area (Å²) < 4.78 is 0. The molecule has 4 nitrogen and oxygen atoms in total. The number of carbonyl (C=O) groups is 2. The summed E-state index contributed by atoms with van der Waals surface area (Å²) in [4.78, 5) is 24.1. The Balaban J connectivity index is 2.27. The molecule has 0 unspecified atom stereocenters. The van der Waals surface area contributed by atoms with Gasteiger partial charge in [-0.3, -0.25) is 14.9 Å². The molecule has 0 saturated carbocycles. The highest BCUT2D eigenvalue weighted by atomic mass is 16.2. The van der Waals surface area contributed by atoms with E-state index < -0.39 is 5.91 Å². The van der Waals surface area contributed by atoms with Crippen LogP contribution in [0, 0.1) is 0 Å². The lowest BCUT2D eigenvalue weighted by Gasteiger charge is -1.91. The van der Waals surface area contributed by atoms with E-state index in [2.05, 4.69) is 4.98 Å². The van der Waals surface area contributed by atoms with Crippen molar-refractivity contribution < 1.29 is 9.59 Å². The van der Waals surface area contributed by atoms with Gasteiger partial charge in [-0.05, 0) is 17.7 Å². The SMILES string of the molecule is O=CNC(=O)C=Cc1c[nH]c2ccccc12. The molecular weight excluding hydrogens is 204 g/mol. The van der Waals surface area contributed by atoms with Crippen molar-refractivity contribution >= 4 is 29.3 Å². The van der Waals surface area contributed by atoms with Crippen LogP contribution in [0.15, 0.2) is 36.5 Å². The minimum absolute atomic E-state index is 0.363. The standard InChI is InChI=1S/C12H10N2O2/c15-8-14-12(16)6-5-9-7-13-11-4-2-1-3-10(9)11/h1-8,13H,(H,14,15,16). The van der Waals surface area contributed by atoms with Crippen LogP contribution in [0.25, 0.3) is 17.0 Å². The third-order valence-electron chi connectivity index (χ3n) is 2.24. The number of amides is 2. The average Bonchev–Trinajstić information content (AvgIpc) is 2.70. The van der Waals surface area contributed by atoms with E-state index >= 15 is 0 Å². The number of carbonyl (C=O) groups excluding carboxylic acids is 2. The highest BCUT2D eigenvalue weighted by Crippen LogP contribution is 2.18. The van der Waals surface area contributed by atoms with Gasteiger partial charge in [-0.2, -0.15) is 0 Å². The number of fused-ring (bicyclic) bond motifs is 1. The Morgan fingerprint density at radius 2 is 2.12 bits per heavy atom. The molecule has 4 heteroatoms. The summed E-state index contributed by atoms with van der Waals surface area (Å²) in [5, 5.41) is 3.08. The van der Waals surface area contributed by atoms with Crippen molar-refractivity contribution in [3.63, 3.8) is 0 Å². The van der Waals surface area contributed by atoms with Crippen LogP contribution in [0.3, 0.4) is 0 Å². The molecule has 0 aliphatic rings. The van der Waals surface area contributed by atoms with Gasteiger partial charge in [0.2, 0.25) is 12.3 Å². The minimum Gasteiger partial charge on any atom is -0.361 e. The van der Waals surface area contributed by atoms with Gasteiger partial charge in [-0.25, -0.2) is 0 Å². The van der Waals surface area contributed by atoms with E-state index in [4.69, 9.17) is 0 Å². The number of H-pyrrole nitrogens is 1. The lowest BCUT2D eigenvalue weighted by atomic mass is 10.1. The van der Waals surface area contributed by atoms with E-state index in [1.54, 1.807) is 6.08 Å². The summed E-state index contributed by atoms with van der Waals surface area (Å²) >= 11 is 0. The Bertz CT molecular complexity index is 555. The number of imide groups is 1. The Morgan fingerprint density at radius 1 is 1.31 bits per heavy atom. The first-order valence-electron chi connectivity index (χ1n) is 4.79. The summed E-state index contributed by atoms with van der Waals surface area (Å²) in [5.74, 6) is -0.430. The predicted octanol–water partition coefficient (Wildman–Crippen LogP) is 1.45. The third-order valence-corrected chi connectivity index (χ3v) is 2.24. The minimum atomic E-state index is -0.430. The van der Waals surface area contributed by atoms with E-state index in [0.717, 1.165) is 16.5 Å². The normalized spacial score (nSPS) is 10.8. The second-order valence-electron chi connectivity index (χ2n) is 3.25. The number of aromatic amines is 1. The van der Waals surface area contributed by atoms with Crippen molar-refractivity contribution in [2.24, 2.45) is 0 Å². The van der Waals surface area contributed by atoms with Crippen LogP contribution in [0.5, 0.6) is 0 Å². The Labute approximate surface area is 92.0 Å². The predicted molar refractivity (Wildman–Crippen MR) is 61.5 cm³/mol. The Hall–Kier alpha value is -2.36. The molecule has 0 aliphatic carbocycles. The van der Waals surface area contributed by atoms with Crippen molar-refractivity contribution in [3.8, 4) is 0 Å². The number of aromatic nitrogens is 1. The summed E-state index contributed by atoms with van der Waals surface area (Å²) in [7, 11) is 0. The second-order valence-corrected chi connectivity index (χ2v) is 3.25. The van der Waals surface area contributed by atoms with Gasteiger partial charge in [-0.15, -0.1) is 0 Å². The molecule has 2 N–H and O–H groups in total. The van der Waals surface area contributed by atoms with E-state index in [1.807, 2.05) is 35.8 Å². The molecule has 0 spiro atoms. The smallest absolute Gasteiger partial charge is 0.250 e. The summed E-state index contributed by atoms with van der Waals surface area (Å²) in [6.07, 6.45) is 5.17. The van der Waals surface area contributed by atoms with Crippen molar-refractivity contribution in [1.29, 1.82) is 0 Å². The second kappa shape index (κ2) is 4.44. The number of rotatable bonds is 3. The van der Waals surface area contributed by atoms with Gasteiger partial charge in [0.15, 0.2) is 0 Å². The highest BCUT2D eigenvalue weighted by molar-refractivity contribution is 5.99. The number of benzene rings is 1. The fraction of sp³-hybridized carbons (Fsp3) is 0. The molecule has 0 fully saturated rings. The van der Waals surface area contributed by atoms with Crippen molar-refractivity contribution in [3.05, 3.63) is 42.1 Å². The van der Waals surface area contributed by atoms with Crippen LogP contribution < -0.4 is 5.32 Å². The van der Waals surface area contributed by atoms with Crippen LogP contribution in [0.1, 0.15) is 5.56 Å². The van der Waals surface area contributed by atoms with Gasteiger partial charge in [0.05, 0.1) is 0 Å². The summed E-state index contributed by atoms with van der Waals surface area (Å²) in [5.41, 5.74) is 1.93. The third kappa shape index (κ3) is 2.00. The van der Waals surface area contributed by atoms with Gasteiger partial charge in [0.25, 0.3) is 0 Å². The van der Waals surface area contributed by atoms with Crippen LogP contribution in [-0.4, -0.2) is 17.3 Å². The lowest BCUT2D eigenvalue weighted by Crippen LogP contribution is -2.17. The molecule has 80 valence electrons. The van der Waals surface area contributed by atoms with Crippen molar-refractivity contribution in [1.82, 2.24) is 10.3 Å². The zero-order valence-electron chi connectivity index (χ0n) is 8.44. The van der Waals surface area contributed by atoms with Crippen molar-refractivity contribution in [2.45, 2.75) is 0 Å². The molecule has 0 saturated heterocycles. The van der Waals surface area contributed by atoms with Crippen LogP contribution in [-0.2, 0) is 9.59 Å². The number of hydrogen-bond donors (Lipinski definition) is 2. The van der Waals surface area contributed by atoms with E-state index in [0.29, 0.717) is 6.41 Å². The van der Waals surface area contributed by atoms with Gasteiger partial charge in [0.1, 0.15) is 0 Å². The molecule has 1 aromatic heterocycles. The molecule has 2 rings (SSSR count). The molecule has 16 heavy (non-hydrogen) atoms. The van der Waals surface area contributed by atoms with Crippen LogP contribution in [0.4, 0.5) is 0 Å². The van der Waals surface area contributed by atoms with E-state index in [9.17, 15) is 9.59 Å². The molecule has 1 heterocycles. The first-order valence-corrected chi connectivity index (χ1v) is 4.79. The summed E-state index contributed by atoms with van der Waals surface area (Å²) in [6.45, 7) is 0. The maximum atomic E-state index is 11.0. The first kappa shape index (κ1) is 10.2. The first-order chi connectivity index (χ1) is 7.81. The molecule has 0 atom stereocenters.